The monoisotopic (exact) mass is 397 g/mol. The maximum absolute atomic E-state index is 13.1. The molecule has 0 aliphatic heterocycles. The average molecular weight is 398 g/mol. The number of ether oxygens (including phenoxy) is 1. The van der Waals surface area contributed by atoms with E-state index in [1.807, 2.05) is 46.6 Å². The van der Waals surface area contributed by atoms with E-state index in [1.165, 1.54) is 0 Å². The van der Waals surface area contributed by atoms with Crippen molar-refractivity contribution in [2.24, 2.45) is 0 Å². The number of amides is 2. The molecule has 0 aliphatic carbocycles. The largest absolute Gasteiger partial charge is 0.442 e. The first-order valence-corrected chi connectivity index (χ1v) is 9.37. The van der Waals surface area contributed by atoms with Gasteiger partial charge in [-0.25, -0.2) is 10.2 Å². The van der Waals surface area contributed by atoms with Crippen molar-refractivity contribution in [1.29, 1.82) is 0 Å². The number of hydrogen-bond donors (Lipinski definition) is 1. The molecule has 0 saturated carbocycles. The number of hydrazine groups is 1. The fourth-order valence-corrected chi connectivity index (χ4v) is 2.38. The molecule has 0 fully saturated rings. The molecule has 27 heavy (non-hydrogen) atoms. The number of carbonyl (C=O) groups excluding carboxylic acids is 2. The maximum atomic E-state index is 13.1. The van der Waals surface area contributed by atoms with Crippen LogP contribution in [0.15, 0.2) is 18.2 Å². The SMILES string of the molecule is CC(C)N(C)c1cc(Cl)cc(C(=O)N(NC(C)(C)C)C(=O)OC(C)(C)C)c1. The highest BCUT2D eigenvalue weighted by Gasteiger charge is 2.31. The van der Waals surface area contributed by atoms with Crippen LogP contribution in [0.1, 0.15) is 65.7 Å². The van der Waals surface area contributed by atoms with E-state index in [0.29, 0.717) is 10.6 Å². The van der Waals surface area contributed by atoms with Crippen LogP contribution < -0.4 is 10.3 Å². The van der Waals surface area contributed by atoms with Gasteiger partial charge in [-0.15, -0.1) is 0 Å². The van der Waals surface area contributed by atoms with Crippen LogP contribution in [-0.2, 0) is 4.74 Å². The van der Waals surface area contributed by atoms with Crippen LogP contribution in [0.3, 0.4) is 0 Å². The minimum Gasteiger partial charge on any atom is -0.442 e. The van der Waals surface area contributed by atoms with Gasteiger partial charge in [0.15, 0.2) is 0 Å². The summed E-state index contributed by atoms with van der Waals surface area (Å²) in [5, 5.41) is 1.33. The van der Waals surface area contributed by atoms with Crippen LogP contribution in [0, 0.1) is 0 Å². The molecule has 0 saturated heterocycles. The molecule has 0 radical (unpaired) electrons. The van der Waals surface area contributed by atoms with Crippen LogP contribution in [0.5, 0.6) is 0 Å². The summed E-state index contributed by atoms with van der Waals surface area (Å²) in [6, 6.07) is 5.27. The molecule has 0 bridgehead atoms. The third kappa shape index (κ3) is 7.39. The van der Waals surface area contributed by atoms with Gasteiger partial charge in [0, 0.05) is 34.9 Å². The van der Waals surface area contributed by atoms with Gasteiger partial charge in [-0.2, -0.15) is 5.01 Å². The molecule has 0 unspecified atom stereocenters. The number of rotatable bonds is 4. The highest BCUT2D eigenvalue weighted by Crippen LogP contribution is 2.24. The van der Waals surface area contributed by atoms with Crippen molar-refractivity contribution < 1.29 is 14.3 Å². The molecule has 1 aromatic rings. The van der Waals surface area contributed by atoms with E-state index in [0.717, 1.165) is 10.7 Å². The van der Waals surface area contributed by atoms with Crippen molar-refractivity contribution in [3.63, 3.8) is 0 Å². The van der Waals surface area contributed by atoms with E-state index in [-0.39, 0.29) is 6.04 Å². The normalized spacial score (nSPS) is 12.1. The first-order chi connectivity index (χ1) is 12.1. The van der Waals surface area contributed by atoms with Crippen molar-refractivity contribution in [2.45, 2.75) is 72.6 Å². The maximum Gasteiger partial charge on any atom is 0.432 e. The lowest BCUT2D eigenvalue weighted by Gasteiger charge is -2.32. The fourth-order valence-electron chi connectivity index (χ4n) is 2.15. The molecular weight excluding hydrogens is 366 g/mol. The minimum atomic E-state index is -0.763. The van der Waals surface area contributed by atoms with Gasteiger partial charge in [-0.3, -0.25) is 4.79 Å². The Morgan fingerprint density at radius 1 is 1.07 bits per heavy atom. The van der Waals surface area contributed by atoms with Gasteiger partial charge in [0.2, 0.25) is 0 Å². The second kappa shape index (κ2) is 8.48. The summed E-state index contributed by atoms with van der Waals surface area (Å²) in [5.41, 5.74) is 2.76. The van der Waals surface area contributed by atoms with Gasteiger partial charge in [0.1, 0.15) is 5.60 Å². The van der Waals surface area contributed by atoms with Gasteiger partial charge in [-0.05, 0) is 73.6 Å². The van der Waals surface area contributed by atoms with Crippen LogP contribution in [-0.4, -0.2) is 41.2 Å². The highest BCUT2D eigenvalue weighted by molar-refractivity contribution is 6.31. The molecule has 1 aromatic carbocycles. The summed E-state index contributed by atoms with van der Waals surface area (Å²) in [7, 11) is 1.92. The fraction of sp³-hybridized carbons (Fsp3) is 0.600. The number of hydrogen-bond acceptors (Lipinski definition) is 5. The first-order valence-electron chi connectivity index (χ1n) is 8.99. The van der Waals surface area contributed by atoms with Crippen molar-refractivity contribution in [1.82, 2.24) is 10.4 Å². The molecule has 7 heteroatoms. The summed E-state index contributed by atoms with van der Waals surface area (Å²) in [5.74, 6) is -0.528. The van der Waals surface area contributed by atoms with Crippen molar-refractivity contribution in [2.75, 3.05) is 11.9 Å². The molecule has 0 aliphatic rings. The zero-order valence-electron chi connectivity index (χ0n) is 17.8. The Balaban J connectivity index is 3.30. The molecular formula is C20H32ClN3O3. The number of halogens is 1. The number of carbonyl (C=O) groups is 2. The number of nitrogens with one attached hydrogen (secondary N) is 1. The van der Waals surface area contributed by atoms with Gasteiger partial charge >= 0.3 is 6.09 Å². The Labute approximate surface area is 167 Å². The molecule has 2 amide bonds. The van der Waals surface area contributed by atoms with Crippen molar-refractivity contribution in [3.05, 3.63) is 28.8 Å². The van der Waals surface area contributed by atoms with Crippen molar-refractivity contribution in [3.8, 4) is 0 Å². The number of nitrogens with zero attached hydrogens (tertiary/aromatic N) is 2. The number of imide groups is 1. The van der Waals surface area contributed by atoms with Crippen LogP contribution in [0.4, 0.5) is 10.5 Å². The third-order valence-electron chi connectivity index (χ3n) is 3.54. The smallest absolute Gasteiger partial charge is 0.432 e. The third-order valence-corrected chi connectivity index (χ3v) is 3.76. The van der Waals surface area contributed by atoms with Gasteiger partial charge in [-0.1, -0.05) is 11.6 Å². The second-order valence-corrected chi connectivity index (χ2v) is 9.32. The molecule has 152 valence electrons. The standard InChI is InChI=1S/C20H32ClN3O3/c1-13(2)23(9)16-11-14(10-15(21)12-16)17(25)24(22-19(3,4)5)18(26)27-20(6,7)8/h10-13,22H,1-9H3. The minimum absolute atomic E-state index is 0.223. The summed E-state index contributed by atoms with van der Waals surface area (Å²) < 4.78 is 5.39. The molecule has 0 atom stereocenters. The first kappa shape index (κ1) is 23.2. The number of anilines is 1. The lowest BCUT2D eigenvalue weighted by molar-refractivity contribution is 0.00743. The van der Waals surface area contributed by atoms with E-state index >= 15 is 0 Å². The summed E-state index contributed by atoms with van der Waals surface area (Å²) in [6.45, 7) is 14.9. The Hall–Kier alpha value is -1.79. The van der Waals surface area contributed by atoms with Crippen LogP contribution in [0.2, 0.25) is 5.02 Å². The highest BCUT2D eigenvalue weighted by atomic mass is 35.5. The van der Waals surface area contributed by atoms with Crippen LogP contribution in [0.25, 0.3) is 0 Å². The molecule has 0 aromatic heterocycles. The van der Waals surface area contributed by atoms with Gasteiger partial charge in [0.25, 0.3) is 5.91 Å². The van der Waals surface area contributed by atoms with Crippen molar-refractivity contribution >= 4 is 29.3 Å². The molecule has 0 spiro atoms. The summed E-state index contributed by atoms with van der Waals surface area (Å²) in [4.78, 5) is 27.8. The lowest BCUT2D eigenvalue weighted by atomic mass is 10.1. The number of benzene rings is 1. The Morgan fingerprint density at radius 3 is 2.07 bits per heavy atom. The Kier molecular flexibility index (Phi) is 7.30. The quantitative estimate of drug-likeness (QED) is 0.734. The molecule has 1 N–H and O–H groups in total. The molecule has 1 rings (SSSR count). The van der Waals surface area contributed by atoms with Crippen LogP contribution >= 0.6 is 11.6 Å². The zero-order chi connectivity index (χ0) is 21.2. The average Bonchev–Trinajstić information content (AvgIpc) is 2.47. The Morgan fingerprint density at radius 2 is 1.63 bits per heavy atom. The lowest BCUT2D eigenvalue weighted by Crippen LogP contribution is -2.55. The summed E-state index contributed by atoms with van der Waals surface area (Å²) in [6.07, 6.45) is -0.763. The van der Waals surface area contributed by atoms with E-state index in [4.69, 9.17) is 16.3 Å². The van der Waals surface area contributed by atoms with Gasteiger partial charge in [0.05, 0.1) is 0 Å². The second-order valence-electron chi connectivity index (χ2n) is 8.89. The Bertz CT molecular complexity index is 691. The molecule has 6 nitrogen and oxygen atoms in total. The topological polar surface area (TPSA) is 61.9 Å². The summed E-state index contributed by atoms with van der Waals surface area (Å²) >= 11 is 6.23. The van der Waals surface area contributed by atoms with E-state index < -0.39 is 23.1 Å². The van der Waals surface area contributed by atoms with E-state index in [2.05, 4.69) is 5.43 Å². The van der Waals surface area contributed by atoms with E-state index in [1.54, 1.807) is 39.0 Å². The zero-order valence-corrected chi connectivity index (χ0v) is 18.6. The predicted molar refractivity (Wildman–Crippen MR) is 110 cm³/mol. The predicted octanol–water partition coefficient (Wildman–Crippen LogP) is 4.87. The van der Waals surface area contributed by atoms with E-state index in [9.17, 15) is 9.59 Å². The van der Waals surface area contributed by atoms with Gasteiger partial charge < -0.3 is 9.64 Å². The molecule has 0 heterocycles.